The van der Waals surface area contributed by atoms with Crippen LogP contribution >= 0.6 is 0 Å². The van der Waals surface area contributed by atoms with Crippen molar-refractivity contribution in [2.24, 2.45) is 0 Å². The van der Waals surface area contributed by atoms with Gasteiger partial charge in [0.25, 0.3) is 5.91 Å². The minimum Gasteiger partial charge on any atom is -0.489 e. The number of rotatable bonds is 11. The number of alkyl halides is 3. The van der Waals surface area contributed by atoms with Crippen molar-refractivity contribution in [3.8, 4) is 28.4 Å². The van der Waals surface area contributed by atoms with E-state index in [-0.39, 0.29) is 23.6 Å². The lowest BCUT2D eigenvalue weighted by Crippen LogP contribution is -2.35. The molecule has 1 aliphatic heterocycles. The summed E-state index contributed by atoms with van der Waals surface area (Å²) in [6, 6.07) is 30.9. The first-order chi connectivity index (χ1) is 24.1. The lowest BCUT2D eigenvalue weighted by Gasteiger charge is -2.28. The van der Waals surface area contributed by atoms with E-state index in [9.17, 15) is 27.9 Å². The molecule has 2 N–H and O–H groups in total. The molecule has 0 radical (unpaired) electrons. The van der Waals surface area contributed by atoms with Crippen molar-refractivity contribution < 1.29 is 42.1 Å². The summed E-state index contributed by atoms with van der Waals surface area (Å²) in [5, 5.41) is 13.0. The van der Waals surface area contributed by atoms with Crippen molar-refractivity contribution in [1.82, 2.24) is 4.90 Å². The molecule has 0 atom stereocenters. The fourth-order valence-corrected chi connectivity index (χ4v) is 5.53. The lowest BCUT2D eigenvalue weighted by molar-refractivity contribution is -0.137. The van der Waals surface area contributed by atoms with Crippen molar-refractivity contribution in [1.29, 1.82) is 0 Å². The van der Waals surface area contributed by atoms with E-state index in [1.165, 1.54) is 12.1 Å². The molecule has 1 heterocycles. The number of hydrogen-bond donors (Lipinski definition) is 2. The molecule has 6 rings (SSSR count). The van der Waals surface area contributed by atoms with Gasteiger partial charge in [-0.25, -0.2) is 4.79 Å². The summed E-state index contributed by atoms with van der Waals surface area (Å²) >= 11 is 0. The van der Waals surface area contributed by atoms with E-state index >= 15 is 0 Å². The van der Waals surface area contributed by atoms with Gasteiger partial charge in [-0.3, -0.25) is 9.69 Å². The maximum absolute atomic E-state index is 13.3. The second-order valence-electron chi connectivity index (χ2n) is 11.7. The number of morpholine rings is 1. The first-order valence-corrected chi connectivity index (χ1v) is 15.9. The van der Waals surface area contributed by atoms with Gasteiger partial charge >= 0.3 is 12.1 Å². The SMILES string of the molecule is O=C(Nc1cc(CN2CCOCC2)c(-c2ccc(COc3cccc(C(F)(F)F)c3)cc2)cc1C(=O)O)c1ccc(Oc2ccccc2)cc1. The van der Waals surface area contributed by atoms with E-state index in [0.717, 1.165) is 23.3 Å². The fraction of sp³-hybridized carbons (Fsp3) is 0.179. The van der Waals surface area contributed by atoms with Gasteiger partial charge < -0.3 is 24.6 Å². The number of halogens is 3. The molecule has 0 unspecified atom stereocenters. The standard InChI is InChI=1S/C39H33F3N2O6/c40-39(41,42)30-5-4-8-33(22-30)49-25-26-9-11-27(12-10-26)34-23-35(38(46)47)36(21-29(34)24-44-17-19-48-20-18-44)43-37(45)28-13-15-32(16-14-28)50-31-6-2-1-3-7-31/h1-16,21-23H,17-20,24-25H2,(H,43,45)(H,46,47). The predicted molar refractivity (Wildman–Crippen MR) is 182 cm³/mol. The van der Waals surface area contributed by atoms with E-state index in [1.54, 1.807) is 48.5 Å². The Hall–Kier alpha value is -5.65. The summed E-state index contributed by atoms with van der Waals surface area (Å²) < 4.78 is 56.3. The molecule has 1 aliphatic rings. The van der Waals surface area contributed by atoms with E-state index in [0.29, 0.717) is 61.0 Å². The first-order valence-electron chi connectivity index (χ1n) is 15.9. The highest BCUT2D eigenvalue weighted by molar-refractivity contribution is 6.08. The Balaban J connectivity index is 1.24. The van der Waals surface area contributed by atoms with Crippen LogP contribution in [0.4, 0.5) is 18.9 Å². The number of aromatic carboxylic acids is 1. The number of nitrogens with one attached hydrogen (secondary N) is 1. The van der Waals surface area contributed by atoms with Crippen molar-refractivity contribution >= 4 is 17.6 Å². The third kappa shape index (κ3) is 8.68. The zero-order valence-corrected chi connectivity index (χ0v) is 26.8. The Morgan fingerprint density at radius 2 is 1.48 bits per heavy atom. The van der Waals surface area contributed by atoms with Crippen LogP contribution in [0, 0.1) is 0 Å². The Bertz CT molecular complexity index is 1940. The van der Waals surface area contributed by atoms with Crippen LogP contribution in [-0.2, 0) is 24.1 Å². The quantitative estimate of drug-likeness (QED) is 0.144. The van der Waals surface area contributed by atoms with Crippen LogP contribution in [0.1, 0.15) is 37.4 Å². The molecule has 50 heavy (non-hydrogen) atoms. The number of amides is 1. The van der Waals surface area contributed by atoms with E-state index in [1.807, 2.05) is 42.5 Å². The molecule has 0 aromatic heterocycles. The first kappa shape index (κ1) is 34.2. The molecule has 11 heteroatoms. The van der Waals surface area contributed by atoms with Gasteiger partial charge in [0.05, 0.1) is 30.0 Å². The molecular weight excluding hydrogens is 649 g/mol. The fourth-order valence-electron chi connectivity index (χ4n) is 5.53. The summed E-state index contributed by atoms with van der Waals surface area (Å²) in [4.78, 5) is 28.1. The number of benzene rings is 5. The topological polar surface area (TPSA) is 97.3 Å². The number of carboxylic acids is 1. The van der Waals surface area contributed by atoms with Gasteiger partial charge in [-0.1, -0.05) is 48.5 Å². The van der Waals surface area contributed by atoms with Gasteiger partial charge in [0, 0.05) is 25.2 Å². The lowest BCUT2D eigenvalue weighted by atomic mass is 9.94. The number of anilines is 1. The summed E-state index contributed by atoms with van der Waals surface area (Å²) in [6.07, 6.45) is -4.48. The molecule has 0 spiro atoms. The highest BCUT2D eigenvalue weighted by Gasteiger charge is 2.30. The largest absolute Gasteiger partial charge is 0.489 e. The average molecular weight is 683 g/mol. The third-order valence-corrected chi connectivity index (χ3v) is 8.15. The van der Waals surface area contributed by atoms with E-state index in [4.69, 9.17) is 14.2 Å². The Morgan fingerprint density at radius 3 is 2.16 bits per heavy atom. The number of para-hydroxylation sites is 1. The molecule has 0 saturated carbocycles. The maximum Gasteiger partial charge on any atom is 0.416 e. The Kier molecular flexibility index (Phi) is 10.5. The van der Waals surface area contributed by atoms with E-state index in [2.05, 4.69) is 10.2 Å². The van der Waals surface area contributed by atoms with Crippen LogP contribution in [0.3, 0.4) is 0 Å². The number of carbonyl (C=O) groups is 2. The van der Waals surface area contributed by atoms with Crippen LogP contribution in [0.5, 0.6) is 17.2 Å². The molecule has 0 bridgehead atoms. The second-order valence-corrected chi connectivity index (χ2v) is 11.7. The monoisotopic (exact) mass is 682 g/mol. The summed E-state index contributed by atoms with van der Waals surface area (Å²) in [5.41, 5.74) is 2.51. The molecule has 1 fully saturated rings. The summed E-state index contributed by atoms with van der Waals surface area (Å²) in [5.74, 6) is -0.394. The molecule has 5 aromatic rings. The minimum absolute atomic E-state index is 0.0347. The number of hydrogen-bond acceptors (Lipinski definition) is 6. The smallest absolute Gasteiger partial charge is 0.416 e. The molecule has 5 aromatic carbocycles. The van der Waals surface area contributed by atoms with Crippen molar-refractivity contribution in [2.75, 3.05) is 31.6 Å². The van der Waals surface area contributed by atoms with Gasteiger partial charge in [0.15, 0.2) is 0 Å². The molecule has 0 aliphatic carbocycles. The van der Waals surface area contributed by atoms with Gasteiger partial charge in [-0.2, -0.15) is 13.2 Å². The molecule has 1 saturated heterocycles. The van der Waals surface area contributed by atoms with Crippen molar-refractivity contribution in [3.05, 3.63) is 143 Å². The highest BCUT2D eigenvalue weighted by Crippen LogP contribution is 2.34. The predicted octanol–water partition coefficient (Wildman–Crippen LogP) is 8.53. The third-order valence-electron chi connectivity index (χ3n) is 8.15. The summed E-state index contributed by atoms with van der Waals surface area (Å²) in [6.45, 7) is 3.02. The van der Waals surface area contributed by atoms with Crippen LogP contribution in [0.2, 0.25) is 0 Å². The van der Waals surface area contributed by atoms with Gasteiger partial charge in [0.2, 0.25) is 0 Å². The Labute approximate surface area is 286 Å². The van der Waals surface area contributed by atoms with Gasteiger partial charge in [0.1, 0.15) is 23.9 Å². The van der Waals surface area contributed by atoms with Crippen LogP contribution in [0.15, 0.2) is 115 Å². The zero-order chi connectivity index (χ0) is 35.1. The minimum atomic E-state index is -4.48. The van der Waals surface area contributed by atoms with Crippen molar-refractivity contribution in [2.45, 2.75) is 19.3 Å². The number of carboxylic acid groups (broad SMARTS) is 1. The molecule has 8 nitrogen and oxygen atoms in total. The highest BCUT2D eigenvalue weighted by atomic mass is 19.4. The number of carbonyl (C=O) groups excluding carboxylic acids is 1. The molecule has 256 valence electrons. The van der Waals surface area contributed by atoms with Gasteiger partial charge in [-0.05, 0) is 89.0 Å². The number of nitrogens with zero attached hydrogens (tertiary/aromatic N) is 1. The summed E-state index contributed by atoms with van der Waals surface area (Å²) in [7, 11) is 0. The van der Waals surface area contributed by atoms with Crippen molar-refractivity contribution in [3.63, 3.8) is 0 Å². The second kappa shape index (κ2) is 15.3. The average Bonchev–Trinajstić information content (AvgIpc) is 3.12. The van der Waals surface area contributed by atoms with Crippen LogP contribution < -0.4 is 14.8 Å². The molecule has 1 amide bonds. The zero-order valence-electron chi connectivity index (χ0n) is 26.8. The Morgan fingerprint density at radius 1 is 0.800 bits per heavy atom. The van der Waals surface area contributed by atoms with E-state index < -0.39 is 23.6 Å². The van der Waals surface area contributed by atoms with Gasteiger partial charge in [-0.15, -0.1) is 0 Å². The molecular formula is C39H33F3N2O6. The normalized spacial score (nSPS) is 13.4. The van der Waals surface area contributed by atoms with Crippen LogP contribution in [0.25, 0.3) is 11.1 Å². The number of ether oxygens (including phenoxy) is 3. The van der Waals surface area contributed by atoms with Crippen LogP contribution in [-0.4, -0.2) is 48.2 Å². The maximum atomic E-state index is 13.3.